The first-order valence-electron chi connectivity index (χ1n) is 9.72. The van der Waals surface area contributed by atoms with Crippen LogP contribution in [-0.2, 0) is 4.79 Å². The molecule has 0 unspecified atom stereocenters. The summed E-state index contributed by atoms with van der Waals surface area (Å²) in [5, 5.41) is 9.92. The number of rotatable bonds is 12. The number of carboxylic acids is 1. The SMILES string of the molecule is CC(C)[CH2][Sn+]([CH2]C(C)C)[CH2]C(C)C.CCCCCCCC(=O)[O-]. The quantitative estimate of drug-likeness (QED) is 0.299. The zero-order chi connectivity index (χ0) is 18.3. The van der Waals surface area contributed by atoms with Crippen molar-refractivity contribution in [3.63, 3.8) is 0 Å². The summed E-state index contributed by atoms with van der Waals surface area (Å²) in [4.78, 5) is 9.92. The number of unbranched alkanes of at least 4 members (excludes halogenated alkanes) is 4. The molecule has 3 heteroatoms. The smallest absolute Gasteiger partial charge is 0.0414 e. The minimum absolute atomic E-state index is 0.226. The van der Waals surface area contributed by atoms with E-state index in [-0.39, 0.29) is 6.42 Å². The van der Waals surface area contributed by atoms with Crippen molar-refractivity contribution in [3.05, 3.63) is 0 Å². The van der Waals surface area contributed by atoms with Gasteiger partial charge in [-0.1, -0.05) is 32.6 Å². The number of carbonyl (C=O) groups is 1. The summed E-state index contributed by atoms with van der Waals surface area (Å²) in [5.41, 5.74) is 0. The van der Waals surface area contributed by atoms with E-state index in [1.165, 1.54) is 12.8 Å². The maximum atomic E-state index is 9.92. The van der Waals surface area contributed by atoms with E-state index in [1.807, 2.05) is 0 Å². The summed E-state index contributed by atoms with van der Waals surface area (Å²) in [6.07, 6.45) is 5.61. The average Bonchev–Trinajstić information content (AvgIpc) is 2.36. The molecule has 0 amide bonds. The molecule has 0 rings (SSSR count). The molecule has 0 aromatic rings. The summed E-state index contributed by atoms with van der Waals surface area (Å²) in [6.45, 7) is 16.5. The Hall–Kier alpha value is 0.269. The van der Waals surface area contributed by atoms with E-state index >= 15 is 0 Å². The Kier molecular flexibility index (Phi) is 19.0. The first-order chi connectivity index (χ1) is 10.7. The van der Waals surface area contributed by atoms with E-state index in [9.17, 15) is 9.90 Å². The Morgan fingerprint density at radius 2 is 1.17 bits per heavy atom. The van der Waals surface area contributed by atoms with Gasteiger partial charge in [0.25, 0.3) is 0 Å². The molecule has 2 nitrogen and oxygen atoms in total. The van der Waals surface area contributed by atoms with Crippen molar-refractivity contribution in [3.8, 4) is 0 Å². The summed E-state index contributed by atoms with van der Waals surface area (Å²) in [7, 11) is 0. The second kappa shape index (κ2) is 17.1. The van der Waals surface area contributed by atoms with Crippen LogP contribution in [0.4, 0.5) is 0 Å². The fourth-order valence-electron chi connectivity index (χ4n) is 2.85. The molecule has 0 aromatic carbocycles. The number of aliphatic carboxylic acids is 1. The predicted molar refractivity (Wildman–Crippen MR) is 103 cm³/mol. The molecule has 138 valence electrons. The third-order valence-electron chi connectivity index (χ3n) is 3.58. The minimum Gasteiger partial charge on any atom is -0.550 e. The summed E-state index contributed by atoms with van der Waals surface area (Å²) < 4.78 is 4.83. The molecule has 0 saturated heterocycles. The van der Waals surface area contributed by atoms with E-state index in [4.69, 9.17) is 0 Å². The molecule has 0 radical (unpaired) electrons. The third kappa shape index (κ3) is 24.6. The van der Waals surface area contributed by atoms with Crippen LogP contribution in [0.3, 0.4) is 0 Å². The number of carbonyl (C=O) groups excluding carboxylic acids is 1. The standard InChI is InChI=1S/C8H16O2.3C4H9.Sn/c1-2-3-4-5-6-7-8(9)10;3*1-4(2)3;/h2-7H2,1H3,(H,9,10);3*4H,1H2,2-3H3;/q;;;;+1/p-1. The van der Waals surface area contributed by atoms with Crippen molar-refractivity contribution < 1.29 is 9.90 Å². The Morgan fingerprint density at radius 3 is 1.48 bits per heavy atom. The van der Waals surface area contributed by atoms with E-state index in [0.717, 1.165) is 37.0 Å². The minimum atomic E-state index is -0.976. The van der Waals surface area contributed by atoms with Gasteiger partial charge in [-0.3, -0.25) is 0 Å². The predicted octanol–water partition coefficient (Wildman–Crippen LogP) is 5.55. The molecular formula is C20H42O2Sn. The second-order valence-electron chi connectivity index (χ2n) is 8.08. The van der Waals surface area contributed by atoms with Crippen LogP contribution < -0.4 is 5.11 Å². The Balaban J connectivity index is 0. The molecule has 0 aliphatic heterocycles. The van der Waals surface area contributed by atoms with Gasteiger partial charge in [-0.25, -0.2) is 0 Å². The van der Waals surface area contributed by atoms with Gasteiger partial charge in [0.1, 0.15) is 0 Å². The molecule has 0 N–H and O–H groups in total. The van der Waals surface area contributed by atoms with Crippen LogP contribution in [0, 0.1) is 17.8 Å². The van der Waals surface area contributed by atoms with Gasteiger partial charge in [0.15, 0.2) is 0 Å². The van der Waals surface area contributed by atoms with Crippen LogP contribution in [0.1, 0.15) is 87.0 Å². The Bertz CT molecular complexity index is 239. The summed E-state index contributed by atoms with van der Waals surface area (Å²) in [5.74, 6) is 1.93. The second-order valence-corrected chi connectivity index (χ2v) is 15.9. The molecule has 0 aliphatic carbocycles. The number of carboxylic acid groups (broad SMARTS) is 1. The molecule has 0 spiro atoms. The molecule has 0 saturated carbocycles. The van der Waals surface area contributed by atoms with Gasteiger partial charge in [-0.15, -0.1) is 0 Å². The summed E-state index contributed by atoms with van der Waals surface area (Å²) >= 11 is -0.976. The number of hydrogen-bond donors (Lipinski definition) is 0. The first kappa shape index (κ1) is 25.5. The molecule has 0 heterocycles. The van der Waals surface area contributed by atoms with E-state index in [1.54, 1.807) is 13.3 Å². The summed E-state index contributed by atoms with van der Waals surface area (Å²) in [6, 6.07) is 0. The van der Waals surface area contributed by atoms with Crippen LogP contribution in [-0.4, -0.2) is 25.7 Å². The van der Waals surface area contributed by atoms with Crippen LogP contribution in [0.15, 0.2) is 0 Å². The van der Waals surface area contributed by atoms with Gasteiger partial charge in [-0.05, 0) is 12.8 Å². The third-order valence-corrected chi connectivity index (χ3v) is 15.5. The fraction of sp³-hybridized carbons (Fsp3) is 0.950. The average molecular weight is 433 g/mol. The normalized spacial score (nSPS) is 10.9. The molecule has 0 atom stereocenters. The van der Waals surface area contributed by atoms with Crippen molar-refractivity contribution in [1.82, 2.24) is 0 Å². The van der Waals surface area contributed by atoms with Gasteiger partial charge < -0.3 is 9.90 Å². The zero-order valence-corrected chi connectivity index (χ0v) is 19.8. The molecule has 0 aliphatic rings. The largest absolute Gasteiger partial charge is 0.550 e. The first-order valence-corrected chi connectivity index (χ1v) is 15.8. The molecule has 23 heavy (non-hydrogen) atoms. The zero-order valence-electron chi connectivity index (χ0n) is 16.9. The maximum absolute atomic E-state index is 9.92. The van der Waals surface area contributed by atoms with E-state index in [2.05, 4.69) is 48.5 Å². The molecule has 0 fully saturated rings. The monoisotopic (exact) mass is 434 g/mol. The van der Waals surface area contributed by atoms with Gasteiger partial charge in [0, 0.05) is 5.97 Å². The van der Waals surface area contributed by atoms with Crippen molar-refractivity contribution in [2.45, 2.75) is 100 Å². The van der Waals surface area contributed by atoms with Crippen LogP contribution >= 0.6 is 0 Å². The molecule has 0 aromatic heterocycles. The molecule has 0 bridgehead atoms. The van der Waals surface area contributed by atoms with E-state index < -0.39 is 25.7 Å². The fourth-order valence-corrected chi connectivity index (χ4v) is 14.2. The topological polar surface area (TPSA) is 40.1 Å². The maximum Gasteiger partial charge on any atom is 0.0414 e. The van der Waals surface area contributed by atoms with Crippen molar-refractivity contribution in [2.24, 2.45) is 17.8 Å². The molecular weight excluding hydrogens is 391 g/mol. The van der Waals surface area contributed by atoms with Crippen molar-refractivity contribution in [1.29, 1.82) is 0 Å². The van der Waals surface area contributed by atoms with E-state index in [0.29, 0.717) is 0 Å². The van der Waals surface area contributed by atoms with Gasteiger partial charge in [0.2, 0.25) is 0 Å². The number of hydrogen-bond acceptors (Lipinski definition) is 2. The Labute approximate surface area is 153 Å². The van der Waals surface area contributed by atoms with Gasteiger partial charge in [0.05, 0.1) is 0 Å². The van der Waals surface area contributed by atoms with Gasteiger partial charge >= 0.3 is 92.4 Å². The van der Waals surface area contributed by atoms with Crippen LogP contribution in [0.5, 0.6) is 0 Å². The van der Waals surface area contributed by atoms with Crippen LogP contribution in [0.25, 0.3) is 0 Å². The Morgan fingerprint density at radius 1 is 0.783 bits per heavy atom. The van der Waals surface area contributed by atoms with Crippen molar-refractivity contribution in [2.75, 3.05) is 0 Å². The van der Waals surface area contributed by atoms with Gasteiger partial charge in [-0.2, -0.15) is 0 Å². The van der Waals surface area contributed by atoms with Crippen LogP contribution in [0.2, 0.25) is 13.3 Å². The van der Waals surface area contributed by atoms with Crippen molar-refractivity contribution >= 4 is 25.7 Å².